The highest BCUT2D eigenvalue weighted by Gasteiger charge is 2.64. The van der Waals surface area contributed by atoms with Gasteiger partial charge in [0, 0.05) is 19.1 Å². The van der Waals surface area contributed by atoms with E-state index in [4.69, 9.17) is 5.26 Å². The lowest BCUT2D eigenvalue weighted by Crippen LogP contribution is -2.59. The van der Waals surface area contributed by atoms with Gasteiger partial charge >= 0.3 is 18.5 Å². The van der Waals surface area contributed by atoms with Crippen LogP contribution < -0.4 is 5.32 Å². The number of fused-ring (bicyclic) bond motifs is 1. The quantitative estimate of drug-likeness (QED) is 0.461. The molecule has 0 saturated carbocycles. The van der Waals surface area contributed by atoms with Crippen LogP contribution in [0.25, 0.3) is 0 Å². The van der Waals surface area contributed by atoms with Crippen LogP contribution in [0, 0.1) is 11.3 Å². The number of nitrogens with one attached hydrogen (secondary N) is 1. The molecule has 0 aromatic heterocycles. The summed E-state index contributed by atoms with van der Waals surface area (Å²) in [5, 5.41) is 14.7. The molecule has 0 saturated heterocycles. The van der Waals surface area contributed by atoms with Crippen LogP contribution in [0.1, 0.15) is 30.0 Å². The largest absolute Gasteiger partial charge is 0.431 e. The second-order valence-electron chi connectivity index (χ2n) is 9.22. The normalized spacial score (nSPS) is 21.4. The summed E-state index contributed by atoms with van der Waals surface area (Å²) < 4.78 is 129. The molecular weight excluding hydrogens is 587 g/mol. The summed E-state index contributed by atoms with van der Waals surface area (Å²) in [5.41, 5.74) is -10.3. The van der Waals surface area contributed by atoms with Gasteiger partial charge in [-0.25, -0.2) is 10.0 Å². The minimum absolute atomic E-state index is 0.459. The maximum absolute atomic E-state index is 14.4. The molecule has 0 radical (unpaired) electrons. The van der Waals surface area contributed by atoms with E-state index >= 15 is 0 Å². The summed E-state index contributed by atoms with van der Waals surface area (Å²) in [4.78, 5) is 21.0. The maximum Gasteiger partial charge on any atom is 0.431 e. The molecule has 2 aromatic carbocycles. The number of hydrogen-bond acceptors (Lipinski definition) is 6. The van der Waals surface area contributed by atoms with Crippen molar-refractivity contribution < 1.29 is 49.0 Å². The van der Waals surface area contributed by atoms with Gasteiger partial charge < -0.3 is 4.74 Å². The summed E-state index contributed by atoms with van der Waals surface area (Å²) in [6.07, 6.45) is -16.4. The number of methoxy groups -OCH3 is 1. The topological polar surface area (TPSA) is 102 Å². The summed E-state index contributed by atoms with van der Waals surface area (Å²) in [7, 11) is 0.604. The third-order valence-corrected chi connectivity index (χ3v) is 6.52. The number of hydrazone groups is 1. The van der Waals surface area contributed by atoms with Gasteiger partial charge in [-0.3, -0.25) is 10.1 Å². The van der Waals surface area contributed by atoms with Crippen LogP contribution >= 0.6 is 0 Å². The molecule has 0 spiro atoms. The SMILES string of the molecule is CO[C@@](C(=O)NC1=N/C(=N\c2ccc(C#N)c(C(F)(F)F)c2)[C@]2(C)CC(C(F)(F)F)=NN12)(c1ccccc1)C(F)(F)F. The fraction of sp³-hybridized carbons (Fsp3) is 0.320. The van der Waals surface area contributed by atoms with Gasteiger partial charge in [0.2, 0.25) is 5.96 Å². The molecule has 0 aliphatic carbocycles. The Bertz CT molecular complexity index is 1540. The molecule has 17 heteroatoms. The first-order chi connectivity index (χ1) is 19.4. The number of alkyl halides is 9. The molecule has 2 atom stereocenters. The number of ether oxygens (including phenoxy) is 1. The molecule has 4 rings (SSSR count). The number of aliphatic imine (C=N–C) groups is 2. The fourth-order valence-electron chi connectivity index (χ4n) is 4.44. The Morgan fingerprint density at radius 3 is 2.21 bits per heavy atom. The second kappa shape index (κ2) is 10.1. The zero-order chi connectivity index (χ0) is 31.3. The zero-order valence-corrected chi connectivity index (χ0v) is 21.3. The van der Waals surface area contributed by atoms with E-state index in [-0.39, 0.29) is 0 Å². The number of rotatable bonds is 4. The van der Waals surface area contributed by atoms with Crippen molar-refractivity contribution in [2.75, 3.05) is 7.11 Å². The van der Waals surface area contributed by atoms with Gasteiger partial charge in [-0.1, -0.05) is 30.3 Å². The van der Waals surface area contributed by atoms with Gasteiger partial charge in [0.1, 0.15) is 11.3 Å². The van der Waals surface area contributed by atoms with Gasteiger partial charge in [-0.2, -0.15) is 54.9 Å². The van der Waals surface area contributed by atoms with Gasteiger partial charge in [-0.05, 0) is 25.1 Å². The first-order valence-electron chi connectivity index (χ1n) is 11.6. The fourth-order valence-corrected chi connectivity index (χ4v) is 4.44. The van der Waals surface area contributed by atoms with Crippen molar-refractivity contribution in [3.05, 3.63) is 65.2 Å². The minimum atomic E-state index is -5.38. The Hall–Kier alpha value is -4.46. The molecular formula is C25H17F9N6O2. The molecule has 2 aliphatic rings. The monoisotopic (exact) mass is 604 g/mol. The highest BCUT2D eigenvalue weighted by Crippen LogP contribution is 2.44. The molecule has 1 N–H and O–H groups in total. The van der Waals surface area contributed by atoms with E-state index in [1.807, 2.05) is 5.32 Å². The third kappa shape index (κ3) is 5.06. The van der Waals surface area contributed by atoms with E-state index in [0.29, 0.717) is 18.2 Å². The third-order valence-electron chi connectivity index (χ3n) is 6.52. The molecule has 2 aliphatic heterocycles. The second-order valence-corrected chi connectivity index (χ2v) is 9.22. The zero-order valence-electron chi connectivity index (χ0n) is 21.3. The Labute approximate surface area is 230 Å². The van der Waals surface area contributed by atoms with Gasteiger partial charge in [0.05, 0.1) is 22.9 Å². The summed E-state index contributed by atoms with van der Waals surface area (Å²) in [6.45, 7) is 1.11. The molecule has 2 aromatic rings. The first-order valence-corrected chi connectivity index (χ1v) is 11.6. The summed E-state index contributed by atoms with van der Waals surface area (Å²) >= 11 is 0. The van der Waals surface area contributed by atoms with Crippen molar-refractivity contribution in [1.29, 1.82) is 5.26 Å². The van der Waals surface area contributed by atoms with E-state index in [2.05, 4.69) is 19.8 Å². The molecule has 0 bridgehead atoms. The van der Waals surface area contributed by atoms with Crippen molar-refractivity contribution in [2.24, 2.45) is 15.1 Å². The number of nitriles is 1. The van der Waals surface area contributed by atoms with Crippen molar-refractivity contribution >= 4 is 29.1 Å². The lowest BCUT2D eigenvalue weighted by atomic mass is 9.91. The predicted octanol–water partition coefficient (Wildman–Crippen LogP) is 5.58. The van der Waals surface area contributed by atoms with E-state index in [9.17, 15) is 44.3 Å². The average Bonchev–Trinajstić information content (AvgIpc) is 3.37. The van der Waals surface area contributed by atoms with Crippen LogP contribution in [0.4, 0.5) is 45.2 Å². The van der Waals surface area contributed by atoms with Crippen LogP contribution in [0.5, 0.6) is 0 Å². The lowest BCUT2D eigenvalue weighted by Gasteiger charge is -2.34. The molecule has 1 amide bonds. The number of halogens is 9. The number of hydrogen-bond donors (Lipinski definition) is 1. The summed E-state index contributed by atoms with van der Waals surface area (Å²) in [6, 6.07) is 9.24. The summed E-state index contributed by atoms with van der Waals surface area (Å²) in [5.74, 6) is -3.40. The highest BCUT2D eigenvalue weighted by atomic mass is 19.4. The minimum Gasteiger partial charge on any atom is -0.356 e. The van der Waals surface area contributed by atoms with Gasteiger partial charge in [0.25, 0.3) is 11.5 Å². The number of amides is 1. The van der Waals surface area contributed by atoms with Crippen LogP contribution in [-0.4, -0.2) is 53.4 Å². The van der Waals surface area contributed by atoms with Gasteiger partial charge in [0.15, 0.2) is 5.84 Å². The predicted molar refractivity (Wildman–Crippen MR) is 128 cm³/mol. The van der Waals surface area contributed by atoms with E-state index < -0.39 is 81.9 Å². The molecule has 0 fully saturated rings. The van der Waals surface area contributed by atoms with E-state index in [1.165, 1.54) is 24.3 Å². The van der Waals surface area contributed by atoms with Crippen molar-refractivity contribution in [1.82, 2.24) is 10.3 Å². The van der Waals surface area contributed by atoms with Crippen molar-refractivity contribution in [3.63, 3.8) is 0 Å². The van der Waals surface area contributed by atoms with Crippen LogP contribution in [0.2, 0.25) is 0 Å². The highest BCUT2D eigenvalue weighted by molar-refractivity contribution is 6.17. The maximum atomic E-state index is 14.4. The smallest absolute Gasteiger partial charge is 0.356 e. The number of carbonyl (C=O) groups excluding carboxylic acids is 1. The molecule has 222 valence electrons. The lowest BCUT2D eigenvalue weighted by molar-refractivity contribution is -0.265. The first kappa shape index (κ1) is 30.5. The van der Waals surface area contributed by atoms with Crippen LogP contribution in [0.3, 0.4) is 0 Å². The molecule has 2 heterocycles. The number of amidine groups is 1. The Morgan fingerprint density at radius 2 is 1.69 bits per heavy atom. The van der Waals surface area contributed by atoms with Crippen molar-refractivity contribution in [2.45, 2.75) is 43.0 Å². The van der Waals surface area contributed by atoms with E-state index in [0.717, 1.165) is 31.2 Å². The van der Waals surface area contributed by atoms with Crippen LogP contribution in [0.15, 0.2) is 63.6 Å². The number of nitrogens with zero attached hydrogens (tertiary/aromatic N) is 5. The molecule has 42 heavy (non-hydrogen) atoms. The Morgan fingerprint density at radius 1 is 1.05 bits per heavy atom. The van der Waals surface area contributed by atoms with Gasteiger partial charge in [-0.15, -0.1) is 0 Å². The standard InChI is InChI=1S/C25H17F9N6O2/c1-21-11-17(24(29,30)31)39-40(21)20(37-18(21)36-15-9-8-13(12-35)16(10-15)23(26,27)28)38-19(41)22(42-2,25(32,33)34)14-6-4-3-5-7-14/h3-10H,11H2,1-2H3,(H,36,37,38,41)/t21-,22+/m0/s1. The van der Waals surface area contributed by atoms with E-state index in [1.54, 1.807) is 0 Å². The Balaban J connectivity index is 1.84. The number of carbonyl (C=O) groups is 1. The average molecular weight is 604 g/mol. The Kier molecular flexibility index (Phi) is 7.35. The van der Waals surface area contributed by atoms with Crippen molar-refractivity contribution in [3.8, 4) is 6.07 Å². The molecule has 0 unspecified atom stereocenters. The molecule has 8 nitrogen and oxygen atoms in total. The van der Waals surface area contributed by atoms with Crippen LogP contribution in [-0.2, 0) is 21.3 Å². The number of benzene rings is 2. The number of guanidine groups is 1.